The summed E-state index contributed by atoms with van der Waals surface area (Å²) in [6.07, 6.45) is 1.70. The Labute approximate surface area is 238 Å². The summed E-state index contributed by atoms with van der Waals surface area (Å²) >= 11 is 0. The molecule has 11 heteroatoms. The predicted molar refractivity (Wildman–Crippen MR) is 150 cm³/mol. The highest BCUT2D eigenvalue weighted by molar-refractivity contribution is 5.89. The zero-order valence-electron chi connectivity index (χ0n) is 23.8. The Kier molecular flexibility index (Phi) is 7.10. The van der Waals surface area contributed by atoms with E-state index in [4.69, 9.17) is 19.0 Å². The van der Waals surface area contributed by atoms with Gasteiger partial charge in [-0.2, -0.15) is 10.1 Å². The maximum absolute atomic E-state index is 13.4. The van der Waals surface area contributed by atoms with Gasteiger partial charge in [0.2, 0.25) is 23.5 Å². The molecule has 0 N–H and O–H groups in total. The molecule has 1 unspecified atom stereocenters. The minimum Gasteiger partial charge on any atom is -0.497 e. The quantitative estimate of drug-likeness (QED) is 0.337. The van der Waals surface area contributed by atoms with Crippen molar-refractivity contribution in [3.63, 3.8) is 0 Å². The first-order valence-corrected chi connectivity index (χ1v) is 13.9. The van der Waals surface area contributed by atoms with Gasteiger partial charge in [0.15, 0.2) is 0 Å². The highest BCUT2D eigenvalue weighted by Gasteiger charge is 2.38. The van der Waals surface area contributed by atoms with Crippen LogP contribution in [0.1, 0.15) is 42.3 Å². The second-order valence-corrected chi connectivity index (χ2v) is 10.8. The third-order valence-electron chi connectivity index (χ3n) is 8.31. The zero-order chi connectivity index (χ0) is 28.7. The molecule has 41 heavy (non-hydrogen) atoms. The number of carbonyl (C=O) groups is 2. The number of carbonyl (C=O) groups excluding carboxylic acids is 2. The van der Waals surface area contributed by atoms with Gasteiger partial charge in [0.1, 0.15) is 11.5 Å². The molecule has 4 aromatic rings. The van der Waals surface area contributed by atoms with Crippen LogP contribution in [0.15, 0.2) is 40.9 Å². The van der Waals surface area contributed by atoms with E-state index in [1.54, 1.807) is 25.2 Å². The first-order chi connectivity index (χ1) is 19.8. The summed E-state index contributed by atoms with van der Waals surface area (Å²) in [4.78, 5) is 34.5. The molecule has 214 valence electrons. The summed E-state index contributed by atoms with van der Waals surface area (Å²) in [5, 5.41) is 9.82. The average Bonchev–Trinajstić information content (AvgIpc) is 3.70. The summed E-state index contributed by atoms with van der Waals surface area (Å²) in [5.41, 5.74) is 3.76. The summed E-state index contributed by atoms with van der Waals surface area (Å²) < 4.78 is 18.3. The second-order valence-electron chi connectivity index (χ2n) is 10.8. The molecular weight excluding hydrogens is 524 g/mol. The van der Waals surface area contributed by atoms with Crippen molar-refractivity contribution in [2.24, 2.45) is 13.0 Å². The fraction of sp³-hybridized carbons (Fsp3) is 0.433. The fourth-order valence-electron chi connectivity index (χ4n) is 5.98. The van der Waals surface area contributed by atoms with E-state index in [1.165, 1.54) is 0 Å². The van der Waals surface area contributed by atoms with E-state index in [9.17, 15) is 9.59 Å². The molecule has 0 saturated carbocycles. The van der Waals surface area contributed by atoms with Crippen LogP contribution in [0.5, 0.6) is 11.5 Å². The number of methoxy groups -OCH3 is 2. The van der Waals surface area contributed by atoms with Crippen molar-refractivity contribution in [2.75, 3.05) is 33.9 Å². The Morgan fingerprint density at radius 3 is 2.66 bits per heavy atom. The highest BCUT2D eigenvalue weighted by Crippen LogP contribution is 2.32. The molecular formula is C30H34N6O5. The fourth-order valence-corrected chi connectivity index (χ4v) is 5.98. The van der Waals surface area contributed by atoms with E-state index in [1.807, 2.05) is 53.9 Å². The zero-order valence-corrected chi connectivity index (χ0v) is 23.8. The van der Waals surface area contributed by atoms with Crippen molar-refractivity contribution in [2.45, 2.75) is 38.6 Å². The lowest BCUT2D eigenvalue weighted by atomic mass is 9.95. The van der Waals surface area contributed by atoms with Crippen LogP contribution in [0, 0.1) is 12.8 Å². The average molecular weight is 559 g/mol. The molecule has 0 radical (unpaired) electrons. The molecule has 4 heterocycles. The van der Waals surface area contributed by atoms with Crippen molar-refractivity contribution >= 4 is 22.7 Å². The molecule has 0 spiro atoms. The van der Waals surface area contributed by atoms with E-state index < -0.39 is 0 Å². The topological polar surface area (TPSA) is 116 Å². The number of hydrogen-bond acceptors (Lipinski definition) is 8. The first kappa shape index (κ1) is 26.8. The maximum atomic E-state index is 13.4. The van der Waals surface area contributed by atoms with Crippen molar-refractivity contribution in [3.05, 3.63) is 53.5 Å². The van der Waals surface area contributed by atoms with Gasteiger partial charge in [-0.3, -0.25) is 14.3 Å². The molecule has 11 nitrogen and oxygen atoms in total. The minimum atomic E-state index is -0.344. The van der Waals surface area contributed by atoms with E-state index >= 15 is 0 Å². The lowest BCUT2D eigenvalue weighted by Gasteiger charge is -2.32. The predicted octanol–water partition coefficient (Wildman–Crippen LogP) is 3.70. The normalized spacial score (nSPS) is 18.0. The van der Waals surface area contributed by atoms with Crippen molar-refractivity contribution in [1.29, 1.82) is 0 Å². The van der Waals surface area contributed by atoms with Crippen LogP contribution >= 0.6 is 0 Å². The van der Waals surface area contributed by atoms with E-state index in [0.29, 0.717) is 49.4 Å². The lowest BCUT2D eigenvalue weighted by molar-refractivity contribution is -0.136. The molecule has 2 aliphatic rings. The van der Waals surface area contributed by atoms with Crippen molar-refractivity contribution < 1.29 is 23.6 Å². The van der Waals surface area contributed by atoms with Gasteiger partial charge < -0.3 is 23.8 Å². The number of fused-ring (bicyclic) bond motifs is 1. The Hall–Kier alpha value is -4.41. The number of rotatable bonds is 7. The van der Waals surface area contributed by atoms with Gasteiger partial charge in [0, 0.05) is 68.1 Å². The number of amides is 2. The summed E-state index contributed by atoms with van der Waals surface area (Å²) in [5.74, 6) is 2.26. The van der Waals surface area contributed by atoms with Crippen LogP contribution in [0.3, 0.4) is 0 Å². The molecule has 6 rings (SSSR count). The van der Waals surface area contributed by atoms with Gasteiger partial charge >= 0.3 is 0 Å². The molecule has 2 saturated heterocycles. The third-order valence-corrected chi connectivity index (χ3v) is 8.31. The Morgan fingerprint density at radius 2 is 1.90 bits per heavy atom. The summed E-state index contributed by atoms with van der Waals surface area (Å²) in [7, 11) is 5.12. The number of likely N-dealkylation sites (tertiary alicyclic amines) is 2. The van der Waals surface area contributed by atoms with Crippen LogP contribution in [0.2, 0.25) is 0 Å². The van der Waals surface area contributed by atoms with Gasteiger partial charge in [-0.15, -0.1) is 0 Å². The van der Waals surface area contributed by atoms with Crippen LogP contribution in [-0.2, 0) is 23.2 Å². The third kappa shape index (κ3) is 5.12. The van der Waals surface area contributed by atoms with Crippen LogP contribution in [-0.4, -0.2) is 75.4 Å². The molecule has 0 aliphatic carbocycles. The number of benzene rings is 2. The van der Waals surface area contributed by atoms with Crippen LogP contribution in [0.25, 0.3) is 22.3 Å². The first-order valence-electron chi connectivity index (χ1n) is 13.9. The summed E-state index contributed by atoms with van der Waals surface area (Å²) in [6, 6.07) is 11.6. The molecule has 0 bridgehead atoms. The van der Waals surface area contributed by atoms with Gasteiger partial charge in [-0.05, 0) is 38.0 Å². The maximum Gasteiger partial charge on any atom is 0.230 e. The van der Waals surface area contributed by atoms with Gasteiger partial charge in [-0.1, -0.05) is 17.3 Å². The Bertz CT molecular complexity index is 1600. The lowest BCUT2D eigenvalue weighted by Crippen LogP contribution is -2.42. The molecule has 2 fully saturated rings. The molecule has 2 aromatic carbocycles. The SMILES string of the molecule is COc1ccc(CN2CC(C(=O)N3CCC(c4nc(-c5ccc6c(C)nn(C)c6c5)no4)CC3)CC2=O)c(OC)c1. The largest absolute Gasteiger partial charge is 0.497 e. The smallest absolute Gasteiger partial charge is 0.230 e. The number of ether oxygens (including phenoxy) is 2. The molecule has 2 aromatic heterocycles. The highest BCUT2D eigenvalue weighted by atomic mass is 16.5. The summed E-state index contributed by atoms with van der Waals surface area (Å²) in [6.45, 7) is 3.98. The van der Waals surface area contributed by atoms with E-state index in [2.05, 4.69) is 10.3 Å². The molecule has 1 atom stereocenters. The van der Waals surface area contributed by atoms with E-state index in [-0.39, 0.29) is 30.1 Å². The van der Waals surface area contributed by atoms with Gasteiger partial charge in [0.05, 0.1) is 31.3 Å². The molecule has 2 aliphatic heterocycles. The van der Waals surface area contributed by atoms with Crippen LogP contribution < -0.4 is 9.47 Å². The van der Waals surface area contributed by atoms with Crippen LogP contribution in [0.4, 0.5) is 0 Å². The minimum absolute atomic E-state index is 0.0195. The molecule has 2 amide bonds. The van der Waals surface area contributed by atoms with Crippen molar-refractivity contribution in [1.82, 2.24) is 29.7 Å². The Balaban J connectivity index is 1.06. The van der Waals surface area contributed by atoms with Crippen molar-refractivity contribution in [3.8, 4) is 22.9 Å². The van der Waals surface area contributed by atoms with Gasteiger partial charge in [0.25, 0.3) is 0 Å². The number of piperidine rings is 1. The van der Waals surface area contributed by atoms with E-state index in [0.717, 1.165) is 40.6 Å². The standard InChI is InChI=1S/C30H34N6O5/c1-18-24-8-6-20(13-25(24)34(2)32-18)28-31-29(41-33-28)19-9-11-35(12-10-19)30(38)22-14-27(37)36(17-22)16-21-5-7-23(39-3)15-26(21)40-4/h5-8,13,15,19,22H,9-12,14,16-17H2,1-4H3. The number of aromatic nitrogens is 4. The number of aryl methyl sites for hydroxylation is 2. The second kappa shape index (κ2) is 10.9. The van der Waals surface area contributed by atoms with Gasteiger partial charge in [-0.25, -0.2) is 0 Å². The monoisotopic (exact) mass is 558 g/mol. The number of hydrogen-bond donors (Lipinski definition) is 0. The number of nitrogens with zero attached hydrogens (tertiary/aromatic N) is 6. The Morgan fingerprint density at radius 1 is 1.10 bits per heavy atom.